The second-order valence-corrected chi connectivity index (χ2v) is 8.02. The Kier molecular flexibility index (Phi) is 6.63. The molecule has 2 aromatic carbocycles. The third-order valence-corrected chi connectivity index (χ3v) is 5.56. The molecule has 0 bridgehead atoms. The first-order valence-corrected chi connectivity index (χ1v) is 10.7. The molecule has 2 N–H and O–H groups in total. The molecule has 1 aliphatic rings. The second kappa shape index (κ2) is 9.80. The Labute approximate surface area is 200 Å². The summed E-state index contributed by atoms with van der Waals surface area (Å²) in [6.45, 7) is 1.25. The normalized spacial score (nSPS) is 17.2. The molecule has 1 atom stereocenters. The van der Waals surface area contributed by atoms with Crippen LogP contribution in [0.4, 0.5) is 14.9 Å². The average molecular weight is 478 g/mol. The van der Waals surface area contributed by atoms with E-state index in [1.165, 1.54) is 38.3 Å². The number of carbonyl (C=O) groups is 3. The smallest absolute Gasteiger partial charge is 0.325 e. The number of methoxy groups -OCH3 is 1. The summed E-state index contributed by atoms with van der Waals surface area (Å²) in [5, 5.41) is 5.25. The number of ether oxygens (including phenoxy) is 2. The van der Waals surface area contributed by atoms with Gasteiger partial charge in [-0.05, 0) is 42.8 Å². The highest BCUT2D eigenvalue weighted by atomic mass is 19.1. The van der Waals surface area contributed by atoms with Crippen molar-refractivity contribution in [2.75, 3.05) is 19.0 Å². The average Bonchev–Trinajstić information content (AvgIpc) is 3.07. The van der Waals surface area contributed by atoms with E-state index in [0.29, 0.717) is 22.7 Å². The molecule has 1 saturated heterocycles. The molecule has 4 rings (SSSR count). The van der Waals surface area contributed by atoms with Crippen LogP contribution in [0, 0.1) is 5.82 Å². The summed E-state index contributed by atoms with van der Waals surface area (Å²) < 4.78 is 24.4. The molecule has 4 amide bonds. The van der Waals surface area contributed by atoms with Gasteiger partial charge < -0.3 is 20.1 Å². The van der Waals surface area contributed by atoms with Gasteiger partial charge in [0.15, 0.2) is 11.5 Å². The van der Waals surface area contributed by atoms with Gasteiger partial charge in [0.25, 0.3) is 5.91 Å². The number of carbonyl (C=O) groups excluding carboxylic acids is 3. The minimum atomic E-state index is -1.40. The number of halogens is 1. The van der Waals surface area contributed by atoms with E-state index in [1.54, 1.807) is 36.7 Å². The lowest BCUT2D eigenvalue weighted by atomic mass is 9.92. The number of rotatable bonds is 8. The molecule has 1 aliphatic heterocycles. The van der Waals surface area contributed by atoms with Gasteiger partial charge in [0.1, 0.15) is 24.5 Å². The van der Waals surface area contributed by atoms with E-state index in [9.17, 15) is 18.8 Å². The molecule has 1 unspecified atom stereocenters. The van der Waals surface area contributed by atoms with Gasteiger partial charge >= 0.3 is 6.03 Å². The predicted octanol–water partition coefficient (Wildman–Crippen LogP) is 3.21. The van der Waals surface area contributed by atoms with E-state index in [1.807, 2.05) is 6.07 Å². The fourth-order valence-electron chi connectivity index (χ4n) is 3.68. The molecule has 0 spiro atoms. The molecular formula is C25H23FN4O5. The van der Waals surface area contributed by atoms with Gasteiger partial charge in [-0.1, -0.05) is 18.2 Å². The molecule has 2 heterocycles. The topological polar surface area (TPSA) is 110 Å². The number of hydrogen-bond acceptors (Lipinski definition) is 6. The molecule has 0 radical (unpaired) electrons. The van der Waals surface area contributed by atoms with Crippen molar-refractivity contribution in [3.8, 4) is 11.5 Å². The number of pyridine rings is 1. The van der Waals surface area contributed by atoms with Crippen LogP contribution in [0.25, 0.3) is 0 Å². The highest BCUT2D eigenvalue weighted by Gasteiger charge is 2.49. The van der Waals surface area contributed by atoms with E-state index in [0.717, 1.165) is 10.5 Å². The fourth-order valence-corrected chi connectivity index (χ4v) is 3.68. The quantitative estimate of drug-likeness (QED) is 0.481. The lowest BCUT2D eigenvalue weighted by molar-refractivity contribution is -0.133. The monoisotopic (exact) mass is 478 g/mol. The van der Waals surface area contributed by atoms with E-state index in [-0.39, 0.29) is 6.61 Å². The SMILES string of the molecule is COc1ccc(NC(=O)CN2C(=O)NC(C)(c3ccc(F)cc3)C2=O)cc1OCc1cccnc1. The van der Waals surface area contributed by atoms with Crippen LogP contribution >= 0.6 is 0 Å². The minimum Gasteiger partial charge on any atom is -0.493 e. The Morgan fingerprint density at radius 3 is 2.60 bits per heavy atom. The first-order valence-electron chi connectivity index (χ1n) is 10.7. The maximum absolute atomic E-state index is 13.3. The van der Waals surface area contributed by atoms with Crippen molar-refractivity contribution in [1.82, 2.24) is 15.2 Å². The zero-order valence-electron chi connectivity index (χ0n) is 19.1. The molecule has 35 heavy (non-hydrogen) atoms. The van der Waals surface area contributed by atoms with Gasteiger partial charge in [-0.15, -0.1) is 0 Å². The Morgan fingerprint density at radius 2 is 1.91 bits per heavy atom. The maximum Gasteiger partial charge on any atom is 0.325 e. The van der Waals surface area contributed by atoms with Gasteiger partial charge in [-0.2, -0.15) is 0 Å². The Balaban J connectivity index is 1.43. The van der Waals surface area contributed by atoms with E-state index >= 15 is 0 Å². The van der Waals surface area contributed by atoms with Crippen LogP contribution in [0.1, 0.15) is 18.1 Å². The summed E-state index contributed by atoms with van der Waals surface area (Å²) in [5.41, 5.74) is 0.251. The molecule has 9 nitrogen and oxygen atoms in total. The van der Waals surface area contributed by atoms with Crippen LogP contribution in [-0.4, -0.2) is 41.4 Å². The third-order valence-electron chi connectivity index (χ3n) is 5.56. The van der Waals surface area contributed by atoms with E-state index in [4.69, 9.17) is 9.47 Å². The van der Waals surface area contributed by atoms with E-state index in [2.05, 4.69) is 15.6 Å². The van der Waals surface area contributed by atoms with Gasteiger partial charge in [0.05, 0.1) is 7.11 Å². The van der Waals surface area contributed by atoms with Crippen LogP contribution in [0.15, 0.2) is 67.0 Å². The highest BCUT2D eigenvalue weighted by molar-refractivity contribution is 6.10. The fraction of sp³-hybridized carbons (Fsp3) is 0.200. The van der Waals surface area contributed by atoms with Gasteiger partial charge in [0.2, 0.25) is 5.91 Å². The molecule has 0 aliphatic carbocycles. The number of amides is 4. The number of hydrogen-bond donors (Lipinski definition) is 2. The largest absolute Gasteiger partial charge is 0.493 e. The lowest BCUT2D eigenvalue weighted by Gasteiger charge is -2.22. The number of nitrogens with zero attached hydrogens (tertiary/aromatic N) is 2. The van der Waals surface area contributed by atoms with Crippen molar-refractivity contribution in [3.63, 3.8) is 0 Å². The van der Waals surface area contributed by atoms with Crippen LogP contribution in [0.3, 0.4) is 0 Å². The molecule has 0 saturated carbocycles. The Morgan fingerprint density at radius 1 is 1.14 bits per heavy atom. The second-order valence-electron chi connectivity index (χ2n) is 8.02. The molecule has 1 aromatic heterocycles. The first-order chi connectivity index (χ1) is 16.8. The summed E-state index contributed by atoms with van der Waals surface area (Å²) in [5.74, 6) is -0.794. The van der Waals surface area contributed by atoms with Crippen molar-refractivity contribution >= 4 is 23.5 Å². The maximum atomic E-state index is 13.3. The molecule has 3 aromatic rings. The van der Waals surface area contributed by atoms with Crippen molar-refractivity contribution < 1.29 is 28.2 Å². The number of imide groups is 1. The number of urea groups is 1. The summed E-state index contributed by atoms with van der Waals surface area (Å²) in [4.78, 5) is 43.0. The van der Waals surface area contributed by atoms with Crippen LogP contribution in [0.2, 0.25) is 0 Å². The number of nitrogens with one attached hydrogen (secondary N) is 2. The summed E-state index contributed by atoms with van der Waals surface area (Å²) >= 11 is 0. The Bertz CT molecular complexity index is 1250. The van der Waals surface area contributed by atoms with Crippen LogP contribution in [0.5, 0.6) is 11.5 Å². The van der Waals surface area contributed by atoms with Crippen LogP contribution in [-0.2, 0) is 21.7 Å². The van der Waals surface area contributed by atoms with Crippen molar-refractivity contribution in [2.24, 2.45) is 0 Å². The number of aromatic nitrogens is 1. The molecule has 180 valence electrons. The third kappa shape index (κ3) is 5.06. The number of benzene rings is 2. The first kappa shape index (κ1) is 23.7. The summed E-state index contributed by atoms with van der Waals surface area (Å²) in [6, 6.07) is 13.0. The zero-order valence-corrected chi connectivity index (χ0v) is 19.1. The van der Waals surface area contributed by atoms with Crippen molar-refractivity contribution in [2.45, 2.75) is 19.1 Å². The summed E-state index contributed by atoms with van der Waals surface area (Å²) in [7, 11) is 1.50. The van der Waals surface area contributed by atoms with Crippen molar-refractivity contribution in [1.29, 1.82) is 0 Å². The molecular weight excluding hydrogens is 455 g/mol. The van der Waals surface area contributed by atoms with E-state index < -0.39 is 35.7 Å². The summed E-state index contributed by atoms with van der Waals surface area (Å²) in [6.07, 6.45) is 3.34. The van der Waals surface area contributed by atoms with Gasteiger partial charge in [0, 0.05) is 29.7 Å². The zero-order chi connectivity index (χ0) is 25.0. The molecule has 1 fully saturated rings. The van der Waals surface area contributed by atoms with Gasteiger partial charge in [-0.25, -0.2) is 9.18 Å². The highest BCUT2D eigenvalue weighted by Crippen LogP contribution is 2.32. The Hall–Kier alpha value is -4.47. The lowest BCUT2D eigenvalue weighted by Crippen LogP contribution is -2.42. The minimum absolute atomic E-state index is 0.242. The molecule has 10 heteroatoms. The van der Waals surface area contributed by atoms with Gasteiger partial charge in [-0.3, -0.25) is 19.5 Å². The predicted molar refractivity (Wildman–Crippen MR) is 124 cm³/mol. The van der Waals surface area contributed by atoms with Crippen molar-refractivity contribution in [3.05, 3.63) is 83.9 Å². The standard InChI is InChI=1S/C25H23FN4O5/c1-25(17-5-7-18(26)8-6-17)23(32)30(24(33)29-25)14-22(31)28-19-9-10-20(34-2)21(12-19)35-15-16-4-3-11-27-13-16/h3-13H,14-15H2,1-2H3,(H,28,31)(H,29,33). The van der Waals surface area contributed by atoms with Crippen LogP contribution < -0.4 is 20.1 Å². The number of anilines is 1.